The molecule has 1 rings (SSSR count). The van der Waals surface area contributed by atoms with Crippen molar-refractivity contribution >= 4 is 11.8 Å². The van der Waals surface area contributed by atoms with E-state index in [4.69, 9.17) is 9.47 Å². The van der Waals surface area contributed by atoms with Gasteiger partial charge in [0.25, 0.3) is 0 Å². The van der Waals surface area contributed by atoms with Crippen LogP contribution in [0.3, 0.4) is 0 Å². The summed E-state index contributed by atoms with van der Waals surface area (Å²) in [6, 6.07) is 6.65. The summed E-state index contributed by atoms with van der Waals surface area (Å²) in [6.07, 6.45) is 3.27. The Morgan fingerprint density at radius 1 is 1.10 bits per heavy atom. The van der Waals surface area contributed by atoms with E-state index in [1.807, 2.05) is 31.7 Å². The molecule has 1 aromatic rings. The third-order valence-corrected chi connectivity index (χ3v) is 3.67. The summed E-state index contributed by atoms with van der Waals surface area (Å²) < 4.78 is 11.3. The lowest BCUT2D eigenvalue weighted by Crippen LogP contribution is -2.21. The maximum Gasteiger partial charge on any atom is 0.161 e. The smallest absolute Gasteiger partial charge is 0.161 e. The largest absolute Gasteiger partial charge is 0.490 e. The number of ether oxygens (including phenoxy) is 2. The number of benzene rings is 1. The first-order valence-corrected chi connectivity index (χ1v) is 8.77. The normalized spacial score (nSPS) is 12.2. The molecule has 3 nitrogen and oxygen atoms in total. The van der Waals surface area contributed by atoms with Crippen molar-refractivity contribution in [3.8, 4) is 11.5 Å². The summed E-state index contributed by atoms with van der Waals surface area (Å²) in [6.45, 7) is 8.41. The molecule has 114 valence electrons. The molecular formula is C16H27NO2S. The molecule has 0 aliphatic rings. The van der Waals surface area contributed by atoms with Gasteiger partial charge in [0, 0.05) is 6.04 Å². The molecule has 0 spiro atoms. The van der Waals surface area contributed by atoms with Gasteiger partial charge in [0.15, 0.2) is 11.5 Å². The summed E-state index contributed by atoms with van der Waals surface area (Å²) in [5.41, 5.74) is 1.27. The average molecular weight is 297 g/mol. The lowest BCUT2D eigenvalue weighted by atomic mass is 10.0. The van der Waals surface area contributed by atoms with Gasteiger partial charge in [0.2, 0.25) is 0 Å². The maximum atomic E-state index is 5.71. The lowest BCUT2D eigenvalue weighted by Gasteiger charge is -2.20. The van der Waals surface area contributed by atoms with Crippen molar-refractivity contribution < 1.29 is 9.47 Å². The first kappa shape index (κ1) is 17.2. The molecule has 0 fully saturated rings. The van der Waals surface area contributed by atoms with Gasteiger partial charge in [-0.1, -0.05) is 13.0 Å². The Balaban J connectivity index is 2.93. The second kappa shape index (κ2) is 9.94. The monoisotopic (exact) mass is 297 g/mol. The van der Waals surface area contributed by atoms with Crippen LogP contribution in [0, 0.1) is 0 Å². The fraction of sp³-hybridized carbons (Fsp3) is 0.625. The van der Waals surface area contributed by atoms with E-state index < -0.39 is 0 Å². The highest BCUT2D eigenvalue weighted by Crippen LogP contribution is 2.31. The van der Waals surface area contributed by atoms with Crippen molar-refractivity contribution in [1.29, 1.82) is 0 Å². The molecule has 20 heavy (non-hydrogen) atoms. The molecule has 0 aliphatic carbocycles. The molecule has 1 unspecified atom stereocenters. The Kier molecular flexibility index (Phi) is 8.54. The summed E-state index contributed by atoms with van der Waals surface area (Å²) in [5.74, 6) is 2.83. The molecule has 0 saturated heterocycles. The van der Waals surface area contributed by atoms with E-state index in [1.54, 1.807) is 0 Å². The van der Waals surface area contributed by atoms with Crippen LogP contribution in [0.25, 0.3) is 0 Å². The average Bonchev–Trinajstić information content (AvgIpc) is 2.46. The van der Waals surface area contributed by atoms with Crippen LogP contribution in [0.4, 0.5) is 0 Å². The van der Waals surface area contributed by atoms with E-state index in [0.717, 1.165) is 30.2 Å². The van der Waals surface area contributed by atoms with E-state index in [-0.39, 0.29) is 0 Å². The zero-order chi connectivity index (χ0) is 14.8. The molecule has 0 aromatic heterocycles. The van der Waals surface area contributed by atoms with Crippen molar-refractivity contribution in [1.82, 2.24) is 5.32 Å². The van der Waals surface area contributed by atoms with Crippen molar-refractivity contribution in [2.75, 3.05) is 31.8 Å². The molecule has 1 atom stereocenters. The van der Waals surface area contributed by atoms with Crippen LogP contribution in [0.15, 0.2) is 18.2 Å². The predicted molar refractivity (Wildman–Crippen MR) is 88.2 cm³/mol. The predicted octanol–water partition coefficient (Wildman–Crippen LogP) is 3.89. The van der Waals surface area contributed by atoms with Crippen molar-refractivity contribution in [2.45, 2.75) is 33.2 Å². The first-order valence-electron chi connectivity index (χ1n) is 7.38. The molecule has 0 heterocycles. The summed E-state index contributed by atoms with van der Waals surface area (Å²) in [5, 5.41) is 3.54. The molecule has 1 N–H and O–H groups in total. The maximum absolute atomic E-state index is 5.71. The Morgan fingerprint density at radius 3 is 2.40 bits per heavy atom. The minimum absolute atomic E-state index is 0.377. The van der Waals surface area contributed by atoms with Crippen molar-refractivity contribution in [3.63, 3.8) is 0 Å². The standard InChI is InChI=1S/C16H27NO2S/c1-5-17-14(10-11-20-4)13-8-9-15(18-6-2)16(12-13)19-7-3/h8-9,12,14,17H,5-7,10-11H2,1-4H3. The minimum Gasteiger partial charge on any atom is -0.490 e. The van der Waals surface area contributed by atoms with Crippen LogP contribution in [0.1, 0.15) is 38.8 Å². The van der Waals surface area contributed by atoms with Gasteiger partial charge in [-0.25, -0.2) is 0 Å². The first-order chi connectivity index (χ1) is 9.76. The number of hydrogen-bond acceptors (Lipinski definition) is 4. The minimum atomic E-state index is 0.377. The van der Waals surface area contributed by atoms with Gasteiger partial charge >= 0.3 is 0 Å². The zero-order valence-corrected chi connectivity index (χ0v) is 13.9. The van der Waals surface area contributed by atoms with Crippen molar-refractivity contribution in [2.24, 2.45) is 0 Å². The zero-order valence-electron chi connectivity index (χ0n) is 13.1. The fourth-order valence-corrected chi connectivity index (χ4v) is 2.62. The van der Waals surface area contributed by atoms with Gasteiger partial charge in [0.05, 0.1) is 13.2 Å². The van der Waals surface area contributed by atoms with Gasteiger partial charge in [-0.15, -0.1) is 0 Å². The molecule has 0 bridgehead atoms. The summed E-state index contributed by atoms with van der Waals surface area (Å²) in [4.78, 5) is 0. The number of rotatable bonds is 10. The third kappa shape index (κ3) is 5.25. The van der Waals surface area contributed by atoms with Crippen LogP contribution in [0.2, 0.25) is 0 Å². The molecule has 0 saturated carbocycles. The quantitative estimate of drug-likeness (QED) is 0.710. The summed E-state index contributed by atoms with van der Waals surface area (Å²) >= 11 is 1.88. The second-order valence-corrected chi connectivity index (χ2v) is 5.45. The Morgan fingerprint density at radius 2 is 1.80 bits per heavy atom. The highest BCUT2D eigenvalue weighted by molar-refractivity contribution is 7.98. The van der Waals surface area contributed by atoms with Gasteiger partial charge in [-0.3, -0.25) is 0 Å². The fourth-order valence-electron chi connectivity index (χ4n) is 2.15. The highest BCUT2D eigenvalue weighted by Gasteiger charge is 2.13. The van der Waals surface area contributed by atoms with E-state index >= 15 is 0 Å². The number of nitrogens with one attached hydrogen (secondary N) is 1. The molecule has 0 radical (unpaired) electrons. The van der Waals surface area contributed by atoms with E-state index in [2.05, 4.69) is 30.6 Å². The van der Waals surface area contributed by atoms with Crippen LogP contribution in [-0.4, -0.2) is 31.8 Å². The molecule has 4 heteroatoms. The lowest BCUT2D eigenvalue weighted by molar-refractivity contribution is 0.287. The summed E-state index contributed by atoms with van der Waals surface area (Å²) in [7, 11) is 0. The van der Waals surface area contributed by atoms with Crippen LogP contribution >= 0.6 is 11.8 Å². The Bertz CT molecular complexity index is 385. The number of thioether (sulfide) groups is 1. The van der Waals surface area contributed by atoms with Crippen LogP contribution < -0.4 is 14.8 Å². The Labute approximate surface area is 127 Å². The molecular weight excluding hydrogens is 270 g/mol. The SMILES string of the molecule is CCNC(CCSC)c1ccc(OCC)c(OCC)c1. The highest BCUT2D eigenvalue weighted by atomic mass is 32.2. The van der Waals surface area contributed by atoms with Gasteiger partial charge < -0.3 is 14.8 Å². The van der Waals surface area contributed by atoms with Crippen LogP contribution in [0.5, 0.6) is 11.5 Å². The van der Waals surface area contributed by atoms with E-state index in [0.29, 0.717) is 19.3 Å². The Hall–Kier alpha value is -0.870. The van der Waals surface area contributed by atoms with E-state index in [9.17, 15) is 0 Å². The van der Waals surface area contributed by atoms with E-state index in [1.165, 1.54) is 5.56 Å². The van der Waals surface area contributed by atoms with Crippen molar-refractivity contribution in [3.05, 3.63) is 23.8 Å². The molecule has 1 aromatic carbocycles. The molecule has 0 amide bonds. The van der Waals surface area contributed by atoms with Crippen LogP contribution in [-0.2, 0) is 0 Å². The number of hydrogen-bond donors (Lipinski definition) is 1. The second-order valence-electron chi connectivity index (χ2n) is 4.46. The third-order valence-electron chi connectivity index (χ3n) is 3.03. The van der Waals surface area contributed by atoms with Gasteiger partial charge in [-0.05, 0) is 56.5 Å². The topological polar surface area (TPSA) is 30.5 Å². The molecule has 0 aliphatic heterocycles. The van der Waals surface area contributed by atoms with Gasteiger partial charge in [-0.2, -0.15) is 11.8 Å². The van der Waals surface area contributed by atoms with Gasteiger partial charge in [0.1, 0.15) is 0 Å².